The van der Waals surface area contributed by atoms with Crippen LogP contribution in [0, 0.1) is 20.8 Å². The van der Waals surface area contributed by atoms with Crippen molar-refractivity contribution in [3.63, 3.8) is 0 Å². The third kappa shape index (κ3) is 3.37. The molecule has 138 valence electrons. The number of amides is 1. The van der Waals surface area contributed by atoms with Gasteiger partial charge in [-0.05, 0) is 56.7 Å². The normalized spacial score (nSPS) is 25.2. The number of nitrogens with zero attached hydrogens (tertiary/aromatic N) is 1. The first-order valence-corrected chi connectivity index (χ1v) is 9.42. The molecule has 1 heterocycles. The van der Waals surface area contributed by atoms with Crippen LogP contribution in [0.5, 0.6) is 0 Å². The molecule has 1 saturated carbocycles. The highest BCUT2D eigenvalue weighted by atomic mass is 16.2. The second-order valence-electron chi connectivity index (χ2n) is 7.72. The van der Waals surface area contributed by atoms with E-state index in [1.54, 1.807) is 6.92 Å². The molecule has 0 bridgehead atoms. The summed E-state index contributed by atoms with van der Waals surface area (Å²) < 4.78 is 0. The van der Waals surface area contributed by atoms with Crippen LogP contribution in [0.1, 0.15) is 60.8 Å². The van der Waals surface area contributed by atoms with E-state index in [9.17, 15) is 14.4 Å². The monoisotopic (exact) mass is 353 g/mol. The van der Waals surface area contributed by atoms with Crippen LogP contribution in [0.15, 0.2) is 23.8 Å². The highest BCUT2D eigenvalue weighted by Crippen LogP contribution is 2.36. The molecule has 0 radical (unpaired) electrons. The van der Waals surface area contributed by atoms with Gasteiger partial charge in [-0.15, -0.1) is 0 Å². The summed E-state index contributed by atoms with van der Waals surface area (Å²) in [7, 11) is 0. The Morgan fingerprint density at radius 2 is 1.77 bits per heavy atom. The van der Waals surface area contributed by atoms with E-state index in [1.165, 1.54) is 0 Å². The third-order valence-electron chi connectivity index (χ3n) is 5.64. The fourth-order valence-electron chi connectivity index (χ4n) is 4.54. The molecule has 1 aliphatic heterocycles. The van der Waals surface area contributed by atoms with Crippen molar-refractivity contribution in [2.24, 2.45) is 0 Å². The lowest BCUT2D eigenvalue weighted by Crippen LogP contribution is -2.41. The van der Waals surface area contributed by atoms with Gasteiger partial charge in [-0.2, -0.15) is 0 Å². The molecule has 26 heavy (non-hydrogen) atoms. The molecule has 1 aromatic carbocycles. The van der Waals surface area contributed by atoms with Crippen LogP contribution in [-0.2, 0) is 14.4 Å². The van der Waals surface area contributed by atoms with E-state index >= 15 is 0 Å². The Hall–Kier alpha value is -2.23. The molecular formula is C22H27NO3. The maximum absolute atomic E-state index is 13.1. The van der Waals surface area contributed by atoms with Crippen LogP contribution in [0.4, 0.5) is 0 Å². The zero-order chi connectivity index (χ0) is 19.0. The van der Waals surface area contributed by atoms with Gasteiger partial charge in [0.15, 0.2) is 11.6 Å². The van der Waals surface area contributed by atoms with E-state index in [1.807, 2.05) is 43.9 Å². The number of carbonyl (C=O) groups excluding carboxylic acids is 3. The fourth-order valence-corrected chi connectivity index (χ4v) is 4.54. The van der Waals surface area contributed by atoms with Gasteiger partial charge in [0.1, 0.15) is 5.92 Å². The summed E-state index contributed by atoms with van der Waals surface area (Å²) in [4.78, 5) is 39.5. The lowest BCUT2D eigenvalue weighted by Gasteiger charge is -2.33. The third-order valence-corrected chi connectivity index (χ3v) is 5.64. The molecule has 1 amide bonds. The number of carbonyl (C=O) groups is 3. The Balaban J connectivity index is 1.93. The molecule has 4 heteroatoms. The molecule has 2 fully saturated rings. The number of ketones is 2. The first-order valence-electron chi connectivity index (χ1n) is 9.42. The molecule has 0 spiro atoms. The summed E-state index contributed by atoms with van der Waals surface area (Å²) in [6.07, 6.45) is 4.96. The molecule has 2 unspecified atom stereocenters. The van der Waals surface area contributed by atoms with Gasteiger partial charge in [0.05, 0.1) is 6.04 Å². The van der Waals surface area contributed by atoms with Crippen molar-refractivity contribution in [2.45, 2.75) is 65.3 Å². The fraction of sp³-hybridized carbons (Fsp3) is 0.500. The van der Waals surface area contributed by atoms with Gasteiger partial charge in [-0.3, -0.25) is 14.4 Å². The van der Waals surface area contributed by atoms with Gasteiger partial charge >= 0.3 is 0 Å². The number of Topliss-reactive ketones (excluding diaryl/α,β-unsaturated/α-hetero) is 2. The Morgan fingerprint density at radius 3 is 2.38 bits per heavy atom. The van der Waals surface area contributed by atoms with Crippen LogP contribution >= 0.6 is 0 Å². The molecule has 4 nitrogen and oxygen atoms in total. The zero-order valence-corrected chi connectivity index (χ0v) is 16.1. The summed E-state index contributed by atoms with van der Waals surface area (Å²) >= 11 is 0. The smallest absolute Gasteiger partial charge is 0.219 e. The minimum absolute atomic E-state index is 0.0264. The van der Waals surface area contributed by atoms with Crippen molar-refractivity contribution >= 4 is 17.5 Å². The second-order valence-corrected chi connectivity index (χ2v) is 7.72. The predicted octanol–water partition coefficient (Wildman–Crippen LogP) is 3.56. The highest BCUT2D eigenvalue weighted by molar-refractivity contribution is 6.23. The average Bonchev–Trinajstić information content (AvgIpc) is 2.82. The molecule has 0 aromatic heterocycles. The SMILES string of the molecule is CC(=O)N1CCCCC1/C=C1\CC(=O)C(c2c(C)cc(C)cc2C)C1=O. The summed E-state index contributed by atoms with van der Waals surface area (Å²) in [5.74, 6) is -0.762. The number of hydrogen-bond donors (Lipinski definition) is 0. The summed E-state index contributed by atoms with van der Waals surface area (Å²) in [6, 6.07) is 4.00. The average molecular weight is 353 g/mol. The van der Waals surface area contributed by atoms with Gasteiger partial charge in [0.2, 0.25) is 5.91 Å². The molecule has 0 N–H and O–H groups in total. The van der Waals surface area contributed by atoms with Crippen LogP contribution in [0.25, 0.3) is 0 Å². The van der Waals surface area contributed by atoms with E-state index in [2.05, 4.69) is 0 Å². The van der Waals surface area contributed by atoms with E-state index in [4.69, 9.17) is 0 Å². The van der Waals surface area contributed by atoms with Gasteiger partial charge in [-0.1, -0.05) is 23.8 Å². The van der Waals surface area contributed by atoms with Crippen molar-refractivity contribution < 1.29 is 14.4 Å². The molecule has 2 atom stereocenters. The topological polar surface area (TPSA) is 54.5 Å². The van der Waals surface area contributed by atoms with Crippen LogP contribution in [0.2, 0.25) is 0 Å². The van der Waals surface area contributed by atoms with Gasteiger partial charge < -0.3 is 4.90 Å². The number of piperidine rings is 1. The second kappa shape index (κ2) is 7.18. The maximum Gasteiger partial charge on any atom is 0.219 e. The summed E-state index contributed by atoms with van der Waals surface area (Å²) in [6.45, 7) is 8.26. The summed E-state index contributed by atoms with van der Waals surface area (Å²) in [5, 5.41) is 0. The number of allylic oxidation sites excluding steroid dienone is 1. The van der Waals surface area contributed by atoms with E-state index in [0.717, 1.165) is 48.1 Å². The van der Waals surface area contributed by atoms with E-state index in [0.29, 0.717) is 5.57 Å². The van der Waals surface area contributed by atoms with Crippen LogP contribution in [0.3, 0.4) is 0 Å². The molecule has 2 aliphatic rings. The Morgan fingerprint density at radius 1 is 1.12 bits per heavy atom. The van der Waals surface area contributed by atoms with Crippen molar-refractivity contribution in [3.8, 4) is 0 Å². The highest BCUT2D eigenvalue weighted by Gasteiger charge is 2.40. The predicted molar refractivity (Wildman–Crippen MR) is 101 cm³/mol. The number of rotatable bonds is 2. The standard InChI is InChI=1S/C22H27NO3/c1-13-9-14(2)20(15(3)10-13)21-19(25)12-17(22(21)26)11-18-7-5-6-8-23(18)16(4)24/h9-11,18,21H,5-8,12H2,1-4H3/b17-11+. The number of likely N-dealkylation sites (tertiary alicyclic amines) is 1. The molecular weight excluding hydrogens is 326 g/mol. The van der Waals surface area contributed by atoms with Gasteiger partial charge in [-0.25, -0.2) is 0 Å². The summed E-state index contributed by atoms with van der Waals surface area (Å²) in [5.41, 5.74) is 4.58. The van der Waals surface area contributed by atoms with E-state index in [-0.39, 0.29) is 29.9 Å². The number of benzene rings is 1. The van der Waals surface area contributed by atoms with Crippen molar-refractivity contribution in [1.82, 2.24) is 4.90 Å². The molecule has 3 rings (SSSR count). The van der Waals surface area contributed by atoms with Crippen molar-refractivity contribution in [1.29, 1.82) is 0 Å². The van der Waals surface area contributed by atoms with Crippen molar-refractivity contribution in [3.05, 3.63) is 46.0 Å². The minimum Gasteiger partial charge on any atom is -0.336 e. The van der Waals surface area contributed by atoms with Gasteiger partial charge in [0, 0.05) is 25.5 Å². The lowest BCUT2D eigenvalue weighted by atomic mass is 9.87. The zero-order valence-electron chi connectivity index (χ0n) is 16.1. The van der Waals surface area contributed by atoms with Gasteiger partial charge in [0.25, 0.3) is 0 Å². The van der Waals surface area contributed by atoms with E-state index < -0.39 is 5.92 Å². The minimum atomic E-state index is -0.684. The molecule has 1 saturated heterocycles. The maximum atomic E-state index is 13.1. The molecule has 1 aliphatic carbocycles. The quantitative estimate of drug-likeness (QED) is 0.603. The Bertz CT molecular complexity index is 783. The first-order chi connectivity index (χ1) is 12.3. The molecule has 1 aromatic rings. The Labute approximate surface area is 155 Å². The van der Waals surface area contributed by atoms with Crippen LogP contribution < -0.4 is 0 Å². The lowest BCUT2D eigenvalue weighted by molar-refractivity contribution is -0.131. The number of hydrogen-bond acceptors (Lipinski definition) is 3. The van der Waals surface area contributed by atoms with Crippen LogP contribution in [-0.4, -0.2) is 35.0 Å². The van der Waals surface area contributed by atoms with Crippen molar-refractivity contribution in [2.75, 3.05) is 6.54 Å². The first kappa shape index (κ1) is 18.6. The Kier molecular flexibility index (Phi) is 5.12. The number of aryl methyl sites for hydroxylation is 3. The largest absolute Gasteiger partial charge is 0.336 e.